The van der Waals surface area contributed by atoms with Crippen molar-refractivity contribution in [2.24, 2.45) is 0 Å². The van der Waals surface area contributed by atoms with Crippen LogP contribution >= 0.6 is 0 Å². The second-order valence-electron chi connectivity index (χ2n) is 4.63. The van der Waals surface area contributed by atoms with Gasteiger partial charge in [0.2, 0.25) is 0 Å². The molecule has 1 aromatic heterocycles. The minimum atomic E-state index is 0.0298. The molecular weight excluding hydrogens is 224 g/mol. The van der Waals surface area contributed by atoms with Gasteiger partial charge in [0, 0.05) is 29.4 Å². The van der Waals surface area contributed by atoms with Gasteiger partial charge >= 0.3 is 0 Å². The molecule has 0 spiro atoms. The van der Waals surface area contributed by atoms with Crippen molar-refractivity contribution in [3.63, 3.8) is 0 Å². The molecule has 2 aromatic carbocycles. The molecule has 0 radical (unpaired) electrons. The highest BCUT2D eigenvalue weighted by atomic mass is 16.1. The summed E-state index contributed by atoms with van der Waals surface area (Å²) in [4.78, 5) is 12.0. The largest absolute Gasteiger partial charge is 0.350 e. The topological polar surface area (TPSA) is 34.0 Å². The summed E-state index contributed by atoms with van der Waals surface area (Å²) in [5, 5.41) is 5.34. The van der Waals surface area contributed by atoms with Crippen LogP contribution < -0.4 is 5.32 Å². The molecule has 1 aliphatic heterocycles. The summed E-state index contributed by atoms with van der Waals surface area (Å²) < 4.78 is 2.25. The zero-order valence-electron chi connectivity index (χ0n) is 9.81. The first-order valence-corrected chi connectivity index (χ1v) is 6.14. The smallest absolute Gasteiger partial charge is 0.253 e. The Balaban J connectivity index is 2.30. The van der Waals surface area contributed by atoms with Crippen LogP contribution in [0.5, 0.6) is 0 Å². The number of rotatable bonds is 0. The molecule has 0 bridgehead atoms. The van der Waals surface area contributed by atoms with Crippen LogP contribution in [0.2, 0.25) is 0 Å². The van der Waals surface area contributed by atoms with Crippen LogP contribution in [0, 0.1) is 0 Å². The lowest BCUT2D eigenvalue weighted by Gasteiger charge is -2.03. The predicted octanol–water partition coefficient (Wildman–Crippen LogP) is 2.54. The molecule has 88 valence electrons. The Kier molecular flexibility index (Phi) is 1.81. The van der Waals surface area contributed by atoms with Gasteiger partial charge < -0.3 is 9.88 Å². The summed E-state index contributed by atoms with van der Waals surface area (Å²) in [6.07, 6.45) is 0. The molecule has 3 aromatic rings. The summed E-state index contributed by atoms with van der Waals surface area (Å²) in [6, 6.07) is 14.3. The van der Waals surface area contributed by atoms with E-state index in [0.29, 0.717) is 6.54 Å². The van der Waals surface area contributed by atoms with Gasteiger partial charge in [-0.15, -0.1) is 0 Å². The average molecular weight is 236 g/mol. The minimum Gasteiger partial charge on any atom is -0.350 e. The van der Waals surface area contributed by atoms with E-state index in [1.54, 1.807) is 0 Å². The molecule has 0 saturated carbocycles. The molecular formula is C15H12N2O. The van der Waals surface area contributed by atoms with Gasteiger partial charge in [0.05, 0.1) is 11.1 Å². The van der Waals surface area contributed by atoms with Crippen molar-refractivity contribution < 1.29 is 4.79 Å². The molecule has 18 heavy (non-hydrogen) atoms. The Morgan fingerprint density at radius 3 is 2.78 bits per heavy atom. The fraction of sp³-hybridized carbons (Fsp3) is 0.133. The highest BCUT2D eigenvalue weighted by Gasteiger charge is 2.19. The molecule has 1 N–H and O–H groups in total. The Morgan fingerprint density at radius 1 is 1.00 bits per heavy atom. The lowest BCUT2D eigenvalue weighted by Crippen LogP contribution is -2.24. The number of para-hydroxylation sites is 2. The van der Waals surface area contributed by atoms with Crippen molar-refractivity contribution in [1.82, 2.24) is 9.88 Å². The van der Waals surface area contributed by atoms with Gasteiger partial charge in [0.15, 0.2) is 0 Å². The number of nitrogens with zero attached hydrogens (tertiary/aromatic N) is 1. The first-order valence-electron chi connectivity index (χ1n) is 6.14. The number of hydrogen-bond acceptors (Lipinski definition) is 1. The second kappa shape index (κ2) is 3.35. The average Bonchev–Trinajstić information content (AvgIpc) is 2.63. The van der Waals surface area contributed by atoms with Crippen molar-refractivity contribution in [2.75, 3.05) is 6.54 Å². The number of aromatic nitrogens is 1. The molecule has 0 fully saturated rings. The quantitative estimate of drug-likeness (QED) is 0.639. The highest BCUT2D eigenvalue weighted by molar-refractivity contribution is 6.15. The summed E-state index contributed by atoms with van der Waals surface area (Å²) in [5.41, 5.74) is 3.05. The van der Waals surface area contributed by atoms with E-state index in [9.17, 15) is 4.79 Å². The zero-order valence-corrected chi connectivity index (χ0v) is 9.81. The molecule has 2 heterocycles. The lowest BCUT2D eigenvalue weighted by atomic mass is 10.1. The van der Waals surface area contributed by atoms with E-state index in [1.165, 1.54) is 16.3 Å². The third kappa shape index (κ3) is 1.11. The van der Waals surface area contributed by atoms with Crippen LogP contribution in [-0.2, 0) is 6.54 Å². The van der Waals surface area contributed by atoms with Crippen LogP contribution in [0.4, 0.5) is 0 Å². The Bertz CT molecular complexity index is 786. The molecule has 0 aliphatic carbocycles. The highest BCUT2D eigenvalue weighted by Crippen LogP contribution is 2.31. The third-order valence-corrected chi connectivity index (χ3v) is 3.66. The number of benzene rings is 2. The molecule has 1 aliphatic rings. The van der Waals surface area contributed by atoms with Gasteiger partial charge in [-0.3, -0.25) is 4.79 Å². The van der Waals surface area contributed by atoms with Crippen molar-refractivity contribution in [2.45, 2.75) is 6.54 Å². The van der Waals surface area contributed by atoms with Crippen molar-refractivity contribution in [1.29, 1.82) is 0 Å². The number of nitrogens with one attached hydrogen (secondary N) is 1. The maximum atomic E-state index is 12.0. The number of hydrogen-bond donors (Lipinski definition) is 1. The SMILES string of the molecule is O=C1NCCn2c3ccccc3c3cccc1c32. The number of carbonyl (C=O) groups excluding carboxylic acids is 1. The Labute approximate surface area is 104 Å². The number of amides is 1. The van der Waals surface area contributed by atoms with E-state index in [1.807, 2.05) is 24.3 Å². The van der Waals surface area contributed by atoms with E-state index in [0.717, 1.165) is 17.6 Å². The minimum absolute atomic E-state index is 0.0298. The Hall–Kier alpha value is -2.29. The molecule has 0 unspecified atom stereocenters. The van der Waals surface area contributed by atoms with E-state index < -0.39 is 0 Å². The van der Waals surface area contributed by atoms with Crippen molar-refractivity contribution in [3.8, 4) is 0 Å². The maximum Gasteiger partial charge on any atom is 0.253 e. The van der Waals surface area contributed by atoms with E-state index in [4.69, 9.17) is 0 Å². The second-order valence-corrected chi connectivity index (χ2v) is 4.63. The number of fused-ring (bicyclic) bond motifs is 3. The predicted molar refractivity (Wildman–Crippen MR) is 71.8 cm³/mol. The summed E-state index contributed by atoms with van der Waals surface area (Å²) in [6.45, 7) is 1.51. The lowest BCUT2D eigenvalue weighted by molar-refractivity contribution is 0.0957. The van der Waals surface area contributed by atoms with Gasteiger partial charge in [-0.25, -0.2) is 0 Å². The number of carbonyl (C=O) groups is 1. The van der Waals surface area contributed by atoms with Gasteiger partial charge in [-0.1, -0.05) is 30.3 Å². The van der Waals surface area contributed by atoms with Gasteiger partial charge in [0.25, 0.3) is 5.91 Å². The van der Waals surface area contributed by atoms with E-state index in [2.05, 4.69) is 28.1 Å². The zero-order chi connectivity index (χ0) is 12.1. The van der Waals surface area contributed by atoms with Crippen molar-refractivity contribution >= 4 is 27.7 Å². The first-order chi connectivity index (χ1) is 8.86. The van der Waals surface area contributed by atoms with E-state index >= 15 is 0 Å². The van der Waals surface area contributed by atoms with Gasteiger partial charge in [0.1, 0.15) is 0 Å². The summed E-state index contributed by atoms with van der Waals surface area (Å²) >= 11 is 0. The van der Waals surface area contributed by atoms with E-state index in [-0.39, 0.29) is 5.91 Å². The standard InChI is InChI=1S/C15H12N2O/c18-15-12-6-3-5-11-10-4-1-2-7-13(10)17(14(11)12)9-8-16-15/h1-7H,8-9H2,(H,16,18). The van der Waals surface area contributed by atoms with Gasteiger partial charge in [-0.05, 0) is 12.1 Å². The molecule has 3 heteroatoms. The first kappa shape index (κ1) is 9.71. The molecule has 1 amide bonds. The molecule has 3 nitrogen and oxygen atoms in total. The maximum absolute atomic E-state index is 12.0. The van der Waals surface area contributed by atoms with Crippen LogP contribution in [0.15, 0.2) is 42.5 Å². The fourth-order valence-corrected chi connectivity index (χ4v) is 2.90. The van der Waals surface area contributed by atoms with Gasteiger partial charge in [-0.2, -0.15) is 0 Å². The molecule has 0 atom stereocenters. The molecule has 4 rings (SSSR count). The Morgan fingerprint density at radius 2 is 1.83 bits per heavy atom. The fourth-order valence-electron chi connectivity index (χ4n) is 2.90. The van der Waals surface area contributed by atoms with Crippen LogP contribution in [0.1, 0.15) is 10.4 Å². The summed E-state index contributed by atoms with van der Waals surface area (Å²) in [7, 11) is 0. The molecule has 0 saturated heterocycles. The van der Waals surface area contributed by atoms with Crippen LogP contribution in [0.25, 0.3) is 21.8 Å². The van der Waals surface area contributed by atoms with Crippen LogP contribution in [-0.4, -0.2) is 17.0 Å². The monoisotopic (exact) mass is 236 g/mol. The normalized spacial score (nSPS) is 14.8. The van der Waals surface area contributed by atoms with Crippen molar-refractivity contribution in [3.05, 3.63) is 48.0 Å². The third-order valence-electron chi connectivity index (χ3n) is 3.66. The van der Waals surface area contributed by atoms with Crippen LogP contribution in [0.3, 0.4) is 0 Å². The summed E-state index contributed by atoms with van der Waals surface area (Å²) in [5.74, 6) is 0.0298.